The first-order chi connectivity index (χ1) is 7.87. The molecule has 1 fully saturated rings. The first kappa shape index (κ1) is 12.7. The Bertz CT molecular complexity index is 351. The zero-order valence-electron chi connectivity index (χ0n) is 10.3. The van der Waals surface area contributed by atoms with Crippen LogP contribution in [0.3, 0.4) is 0 Å². The molecule has 17 heavy (non-hydrogen) atoms. The number of fused-ring (bicyclic) bond motifs is 1. The summed E-state index contributed by atoms with van der Waals surface area (Å²) >= 11 is 3.38. The molecule has 0 aliphatic carbocycles. The van der Waals surface area contributed by atoms with Crippen molar-refractivity contribution in [1.82, 2.24) is 4.90 Å². The minimum Gasteiger partial charge on any atom is -0.444 e. The highest BCUT2D eigenvalue weighted by atomic mass is 79.9. The van der Waals surface area contributed by atoms with E-state index in [1.165, 1.54) is 0 Å². The van der Waals surface area contributed by atoms with Gasteiger partial charge >= 0.3 is 6.09 Å². The molecule has 6 heteroatoms. The fraction of sp³-hybridized carbons (Fsp3) is 0.818. The van der Waals surface area contributed by atoms with E-state index in [0.29, 0.717) is 13.1 Å². The van der Waals surface area contributed by atoms with Crippen LogP contribution in [0.2, 0.25) is 0 Å². The number of nitrogens with zero attached hydrogens (tertiary/aromatic N) is 2. The van der Waals surface area contributed by atoms with Gasteiger partial charge in [-0.05, 0) is 43.1 Å². The lowest BCUT2D eigenvalue weighted by molar-refractivity contribution is -0.0173. The minimum atomic E-state index is -0.457. The molecule has 2 aliphatic rings. The topological polar surface area (TPSA) is 51.1 Å². The molecule has 1 saturated heterocycles. The Labute approximate surface area is 109 Å². The number of likely N-dealkylation sites (tertiary alicyclic amines) is 1. The first-order valence-electron chi connectivity index (χ1n) is 5.74. The highest BCUT2D eigenvalue weighted by molar-refractivity contribution is 9.18. The molecule has 96 valence electrons. The van der Waals surface area contributed by atoms with Crippen molar-refractivity contribution in [2.75, 3.05) is 13.1 Å². The molecule has 0 spiro atoms. The average molecular weight is 305 g/mol. The average Bonchev–Trinajstić information content (AvgIpc) is 2.57. The second kappa shape index (κ2) is 4.48. The standard InChI is InChI=1S/C11H17BrN2O3/c1-11(2,3)16-10(15)14-5-4-7-8(6-14)17-13-9(7)12/h7-8H,4-6H2,1-3H3/t7-,8+/m1/s1. The summed E-state index contributed by atoms with van der Waals surface area (Å²) in [6, 6.07) is 0. The van der Waals surface area contributed by atoms with Crippen LogP contribution in [-0.2, 0) is 9.57 Å². The quantitative estimate of drug-likeness (QED) is 0.690. The van der Waals surface area contributed by atoms with Crippen LogP contribution in [0.25, 0.3) is 0 Å². The normalized spacial score (nSPS) is 28.2. The summed E-state index contributed by atoms with van der Waals surface area (Å²) in [7, 11) is 0. The number of ether oxygens (including phenoxy) is 1. The summed E-state index contributed by atoms with van der Waals surface area (Å²) in [4.78, 5) is 18.8. The van der Waals surface area contributed by atoms with Gasteiger partial charge in [-0.3, -0.25) is 0 Å². The second-order valence-electron chi connectivity index (χ2n) is 5.38. The second-order valence-corrected chi connectivity index (χ2v) is 6.19. The van der Waals surface area contributed by atoms with Crippen molar-refractivity contribution in [3.8, 4) is 0 Å². The van der Waals surface area contributed by atoms with Crippen LogP contribution in [0.15, 0.2) is 5.16 Å². The van der Waals surface area contributed by atoms with Crippen LogP contribution in [0, 0.1) is 5.92 Å². The third kappa shape index (κ3) is 2.91. The van der Waals surface area contributed by atoms with Gasteiger partial charge in [-0.15, -0.1) is 0 Å². The fourth-order valence-electron chi connectivity index (χ4n) is 1.97. The summed E-state index contributed by atoms with van der Waals surface area (Å²) in [5.41, 5.74) is -0.457. The highest BCUT2D eigenvalue weighted by Gasteiger charge is 2.40. The van der Waals surface area contributed by atoms with Gasteiger partial charge in [0, 0.05) is 6.54 Å². The molecule has 0 bridgehead atoms. The summed E-state index contributed by atoms with van der Waals surface area (Å²) in [5.74, 6) is 0.286. The van der Waals surface area contributed by atoms with Gasteiger partial charge in [-0.25, -0.2) is 4.79 Å². The molecule has 0 N–H and O–H groups in total. The van der Waals surface area contributed by atoms with Crippen molar-refractivity contribution < 1.29 is 14.4 Å². The molecule has 0 aromatic heterocycles. The van der Waals surface area contributed by atoms with Gasteiger partial charge < -0.3 is 14.5 Å². The molecular weight excluding hydrogens is 288 g/mol. The lowest BCUT2D eigenvalue weighted by atomic mass is 9.96. The Hall–Kier alpha value is -0.780. The van der Waals surface area contributed by atoms with Crippen LogP contribution in [0.5, 0.6) is 0 Å². The van der Waals surface area contributed by atoms with Crippen molar-refractivity contribution in [3.63, 3.8) is 0 Å². The third-order valence-corrected chi connectivity index (χ3v) is 3.52. The SMILES string of the molecule is CC(C)(C)OC(=O)N1CC[C@H]2C(Br)=NO[C@H]2C1. The molecule has 0 aromatic carbocycles. The van der Waals surface area contributed by atoms with E-state index < -0.39 is 5.60 Å². The largest absolute Gasteiger partial charge is 0.444 e. The number of oxime groups is 1. The van der Waals surface area contributed by atoms with Gasteiger partial charge in [-0.2, -0.15) is 0 Å². The number of hydrogen-bond acceptors (Lipinski definition) is 4. The van der Waals surface area contributed by atoms with E-state index in [2.05, 4.69) is 21.1 Å². The molecule has 2 aliphatic heterocycles. The Morgan fingerprint density at radius 2 is 2.29 bits per heavy atom. The number of piperidine rings is 1. The number of hydrogen-bond donors (Lipinski definition) is 0. The van der Waals surface area contributed by atoms with Crippen molar-refractivity contribution in [2.24, 2.45) is 11.1 Å². The van der Waals surface area contributed by atoms with Crippen LogP contribution >= 0.6 is 15.9 Å². The minimum absolute atomic E-state index is 0.0364. The molecule has 0 unspecified atom stereocenters. The molecule has 2 atom stereocenters. The number of rotatable bonds is 0. The van der Waals surface area contributed by atoms with E-state index in [-0.39, 0.29) is 18.1 Å². The van der Waals surface area contributed by atoms with Gasteiger partial charge in [0.2, 0.25) is 0 Å². The maximum atomic E-state index is 11.9. The Morgan fingerprint density at radius 3 is 2.94 bits per heavy atom. The van der Waals surface area contributed by atoms with Crippen molar-refractivity contribution >= 4 is 26.6 Å². The zero-order chi connectivity index (χ0) is 12.6. The van der Waals surface area contributed by atoms with Gasteiger partial charge in [0.15, 0.2) is 6.10 Å². The summed E-state index contributed by atoms with van der Waals surface area (Å²) in [5, 5.41) is 3.90. The molecule has 2 rings (SSSR count). The number of halogens is 1. The van der Waals surface area contributed by atoms with E-state index in [9.17, 15) is 4.79 Å². The lowest BCUT2D eigenvalue weighted by Gasteiger charge is -2.34. The smallest absolute Gasteiger partial charge is 0.410 e. The van der Waals surface area contributed by atoms with Gasteiger partial charge in [0.1, 0.15) is 10.2 Å². The highest BCUT2D eigenvalue weighted by Crippen LogP contribution is 2.30. The monoisotopic (exact) mass is 304 g/mol. The number of carbonyl (C=O) groups is 1. The molecule has 2 heterocycles. The predicted octanol–water partition coefficient (Wildman–Crippen LogP) is 2.35. The van der Waals surface area contributed by atoms with Crippen molar-refractivity contribution in [1.29, 1.82) is 0 Å². The van der Waals surface area contributed by atoms with Crippen LogP contribution < -0.4 is 0 Å². The first-order valence-corrected chi connectivity index (χ1v) is 6.53. The molecule has 1 amide bonds. The summed E-state index contributed by atoms with van der Waals surface area (Å²) in [6.07, 6.45) is 0.543. The van der Waals surface area contributed by atoms with Crippen molar-refractivity contribution in [2.45, 2.75) is 38.9 Å². The Balaban J connectivity index is 1.92. The van der Waals surface area contributed by atoms with Crippen molar-refractivity contribution in [3.05, 3.63) is 0 Å². The van der Waals surface area contributed by atoms with E-state index in [0.717, 1.165) is 11.0 Å². The molecule has 0 aromatic rings. The number of amides is 1. The molecular formula is C11H17BrN2O3. The molecule has 0 radical (unpaired) electrons. The van der Waals surface area contributed by atoms with Crippen LogP contribution in [-0.4, -0.2) is 40.4 Å². The number of carbonyl (C=O) groups excluding carboxylic acids is 1. The summed E-state index contributed by atoms with van der Waals surface area (Å²) < 4.78 is 6.19. The Morgan fingerprint density at radius 1 is 1.59 bits per heavy atom. The van der Waals surface area contributed by atoms with E-state index in [1.807, 2.05) is 20.8 Å². The van der Waals surface area contributed by atoms with Gasteiger partial charge in [-0.1, -0.05) is 5.16 Å². The van der Waals surface area contributed by atoms with E-state index in [1.54, 1.807) is 4.90 Å². The summed E-state index contributed by atoms with van der Waals surface area (Å²) in [6.45, 7) is 6.82. The molecule has 0 saturated carbocycles. The zero-order valence-corrected chi connectivity index (χ0v) is 11.9. The fourth-order valence-corrected chi connectivity index (χ4v) is 2.58. The van der Waals surface area contributed by atoms with Crippen LogP contribution in [0.4, 0.5) is 4.79 Å². The van der Waals surface area contributed by atoms with E-state index >= 15 is 0 Å². The maximum absolute atomic E-state index is 11.9. The molecule has 5 nitrogen and oxygen atoms in total. The Kier molecular flexibility index (Phi) is 3.34. The van der Waals surface area contributed by atoms with Gasteiger partial charge in [0.25, 0.3) is 0 Å². The lowest BCUT2D eigenvalue weighted by Crippen LogP contribution is -2.48. The van der Waals surface area contributed by atoms with Crippen LogP contribution in [0.1, 0.15) is 27.2 Å². The maximum Gasteiger partial charge on any atom is 0.410 e. The third-order valence-electron chi connectivity index (χ3n) is 2.79. The van der Waals surface area contributed by atoms with E-state index in [4.69, 9.17) is 9.57 Å². The van der Waals surface area contributed by atoms with Gasteiger partial charge in [0.05, 0.1) is 12.5 Å². The predicted molar refractivity (Wildman–Crippen MR) is 67.1 cm³/mol.